The van der Waals surface area contributed by atoms with Gasteiger partial charge in [0.15, 0.2) is 0 Å². The van der Waals surface area contributed by atoms with E-state index in [0.717, 1.165) is 5.92 Å². The molecular weight excluding hydrogens is 252 g/mol. The Hall–Kier alpha value is 0.270. The summed E-state index contributed by atoms with van der Waals surface area (Å²) in [4.78, 5) is 2.61. The summed E-state index contributed by atoms with van der Waals surface area (Å²) in [6.45, 7) is 9.72. The molecule has 2 atom stereocenters. The van der Waals surface area contributed by atoms with Crippen molar-refractivity contribution < 1.29 is 0 Å². The maximum Gasteiger partial charge on any atom is 0.00792 e. The fourth-order valence-corrected chi connectivity index (χ4v) is 3.50. The van der Waals surface area contributed by atoms with Crippen molar-refractivity contribution in [3.05, 3.63) is 0 Å². The minimum atomic E-state index is 0.695. The van der Waals surface area contributed by atoms with Crippen LogP contribution < -0.4 is 5.32 Å². The van der Waals surface area contributed by atoms with E-state index in [0.29, 0.717) is 6.04 Å². The SMILES string of the molecule is CCN1CCCC(C(C)NCCCCCCSC)C1. The quantitative estimate of drug-likeness (QED) is 0.618. The van der Waals surface area contributed by atoms with Gasteiger partial charge in [-0.1, -0.05) is 19.8 Å². The van der Waals surface area contributed by atoms with E-state index in [1.54, 1.807) is 0 Å². The monoisotopic (exact) mass is 286 g/mol. The summed E-state index contributed by atoms with van der Waals surface area (Å²) in [6.07, 6.45) is 10.5. The average Bonchev–Trinajstić information content (AvgIpc) is 2.46. The Bertz CT molecular complexity index is 211. The summed E-state index contributed by atoms with van der Waals surface area (Å²) in [5, 5.41) is 3.76. The van der Waals surface area contributed by atoms with Crippen molar-refractivity contribution in [2.24, 2.45) is 5.92 Å². The molecule has 0 spiro atoms. The van der Waals surface area contributed by atoms with E-state index >= 15 is 0 Å². The first-order chi connectivity index (χ1) is 9.27. The molecule has 0 radical (unpaired) electrons. The standard InChI is InChI=1S/C16H34N2S/c1-4-18-12-9-10-16(14-18)15(2)17-11-7-5-6-8-13-19-3/h15-17H,4-14H2,1-3H3. The highest BCUT2D eigenvalue weighted by molar-refractivity contribution is 7.98. The van der Waals surface area contributed by atoms with E-state index in [1.807, 2.05) is 11.8 Å². The zero-order chi connectivity index (χ0) is 13.9. The zero-order valence-corrected chi connectivity index (χ0v) is 14.1. The van der Waals surface area contributed by atoms with Gasteiger partial charge in [0, 0.05) is 12.6 Å². The van der Waals surface area contributed by atoms with Crippen LogP contribution in [0.5, 0.6) is 0 Å². The van der Waals surface area contributed by atoms with Crippen LogP contribution in [0.25, 0.3) is 0 Å². The second-order valence-electron chi connectivity index (χ2n) is 5.95. The number of hydrogen-bond donors (Lipinski definition) is 1. The lowest BCUT2D eigenvalue weighted by molar-refractivity contribution is 0.157. The lowest BCUT2D eigenvalue weighted by atomic mass is 9.91. The largest absolute Gasteiger partial charge is 0.314 e. The lowest BCUT2D eigenvalue weighted by Gasteiger charge is -2.35. The molecule has 0 aromatic heterocycles. The fraction of sp³-hybridized carbons (Fsp3) is 1.00. The average molecular weight is 287 g/mol. The summed E-state index contributed by atoms with van der Waals surface area (Å²) in [5.41, 5.74) is 0. The predicted molar refractivity (Wildman–Crippen MR) is 89.2 cm³/mol. The smallest absolute Gasteiger partial charge is 0.00792 e. The highest BCUT2D eigenvalue weighted by atomic mass is 32.2. The molecule has 1 heterocycles. The van der Waals surface area contributed by atoms with Crippen molar-refractivity contribution in [1.82, 2.24) is 10.2 Å². The van der Waals surface area contributed by atoms with Crippen LogP contribution in [-0.4, -0.2) is 49.1 Å². The molecule has 0 aromatic carbocycles. The molecule has 3 heteroatoms. The van der Waals surface area contributed by atoms with Crippen LogP contribution >= 0.6 is 11.8 Å². The Kier molecular flexibility index (Phi) is 10.0. The Morgan fingerprint density at radius 2 is 2.05 bits per heavy atom. The van der Waals surface area contributed by atoms with E-state index in [2.05, 4.69) is 30.3 Å². The van der Waals surface area contributed by atoms with E-state index < -0.39 is 0 Å². The summed E-state index contributed by atoms with van der Waals surface area (Å²) >= 11 is 1.97. The molecule has 1 aliphatic heterocycles. The van der Waals surface area contributed by atoms with Crippen LogP contribution in [0.15, 0.2) is 0 Å². The number of rotatable bonds is 10. The fourth-order valence-electron chi connectivity index (χ4n) is 3.01. The maximum absolute atomic E-state index is 3.76. The first-order valence-electron chi connectivity index (χ1n) is 8.22. The molecule has 1 rings (SSSR count). The molecule has 1 N–H and O–H groups in total. The van der Waals surface area contributed by atoms with Gasteiger partial charge in [0.25, 0.3) is 0 Å². The number of hydrogen-bond acceptors (Lipinski definition) is 3. The molecule has 114 valence electrons. The second-order valence-corrected chi connectivity index (χ2v) is 6.93. The van der Waals surface area contributed by atoms with Crippen molar-refractivity contribution in [3.63, 3.8) is 0 Å². The van der Waals surface area contributed by atoms with Gasteiger partial charge in [0.2, 0.25) is 0 Å². The molecule has 0 bridgehead atoms. The Morgan fingerprint density at radius 3 is 2.79 bits per heavy atom. The normalized spacial score (nSPS) is 22.6. The van der Waals surface area contributed by atoms with Gasteiger partial charge in [0.1, 0.15) is 0 Å². The van der Waals surface area contributed by atoms with Crippen molar-refractivity contribution in [2.75, 3.05) is 38.2 Å². The van der Waals surface area contributed by atoms with Gasteiger partial charge in [-0.25, -0.2) is 0 Å². The summed E-state index contributed by atoms with van der Waals surface area (Å²) in [6, 6.07) is 0.695. The van der Waals surface area contributed by atoms with Gasteiger partial charge >= 0.3 is 0 Å². The Morgan fingerprint density at radius 1 is 1.26 bits per heavy atom. The highest BCUT2D eigenvalue weighted by Gasteiger charge is 2.23. The predicted octanol–water partition coefficient (Wildman–Crippen LogP) is 3.62. The zero-order valence-electron chi connectivity index (χ0n) is 13.3. The van der Waals surface area contributed by atoms with Gasteiger partial charge in [-0.3, -0.25) is 0 Å². The molecular formula is C16H34N2S. The molecule has 2 nitrogen and oxygen atoms in total. The number of unbranched alkanes of at least 4 members (excludes halogenated alkanes) is 3. The first-order valence-corrected chi connectivity index (χ1v) is 9.62. The van der Waals surface area contributed by atoms with E-state index in [9.17, 15) is 0 Å². The van der Waals surface area contributed by atoms with Crippen LogP contribution in [0.3, 0.4) is 0 Å². The third kappa shape index (κ3) is 7.57. The summed E-state index contributed by atoms with van der Waals surface area (Å²) in [7, 11) is 0. The Balaban J connectivity index is 2.02. The van der Waals surface area contributed by atoms with Crippen molar-refractivity contribution >= 4 is 11.8 Å². The molecule has 2 unspecified atom stereocenters. The van der Waals surface area contributed by atoms with Crippen LogP contribution in [0.1, 0.15) is 52.4 Å². The first kappa shape index (κ1) is 17.3. The topological polar surface area (TPSA) is 15.3 Å². The molecule has 0 aromatic rings. The molecule has 19 heavy (non-hydrogen) atoms. The van der Waals surface area contributed by atoms with Gasteiger partial charge in [-0.05, 0) is 70.2 Å². The Labute approximate surface area is 125 Å². The van der Waals surface area contributed by atoms with Gasteiger partial charge < -0.3 is 10.2 Å². The number of thioether (sulfide) groups is 1. The van der Waals surface area contributed by atoms with Crippen molar-refractivity contribution in [3.8, 4) is 0 Å². The maximum atomic E-state index is 3.76. The van der Waals surface area contributed by atoms with Gasteiger partial charge in [-0.2, -0.15) is 11.8 Å². The summed E-state index contributed by atoms with van der Waals surface area (Å²) in [5.74, 6) is 2.20. The molecule has 1 saturated heterocycles. The third-order valence-corrected chi connectivity index (χ3v) is 5.13. The van der Waals surface area contributed by atoms with E-state index in [1.165, 1.54) is 70.5 Å². The molecule has 1 fully saturated rings. The van der Waals surface area contributed by atoms with Crippen LogP contribution in [-0.2, 0) is 0 Å². The van der Waals surface area contributed by atoms with Crippen LogP contribution in [0.4, 0.5) is 0 Å². The highest BCUT2D eigenvalue weighted by Crippen LogP contribution is 2.19. The third-order valence-electron chi connectivity index (χ3n) is 4.44. The van der Waals surface area contributed by atoms with Gasteiger partial charge in [0.05, 0.1) is 0 Å². The van der Waals surface area contributed by atoms with Crippen molar-refractivity contribution in [1.29, 1.82) is 0 Å². The number of piperidine rings is 1. The van der Waals surface area contributed by atoms with Crippen LogP contribution in [0, 0.1) is 5.92 Å². The molecule has 1 aliphatic rings. The molecule has 0 saturated carbocycles. The summed E-state index contributed by atoms with van der Waals surface area (Å²) < 4.78 is 0. The molecule has 0 aliphatic carbocycles. The lowest BCUT2D eigenvalue weighted by Crippen LogP contribution is -2.44. The number of nitrogens with zero attached hydrogens (tertiary/aromatic N) is 1. The number of nitrogens with one attached hydrogen (secondary N) is 1. The van der Waals surface area contributed by atoms with Crippen LogP contribution in [0.2, 0.25) is 0 Å². The molecule has 0 amide bonds. The number of likely N-dealkylation sites (tertiary alicyclic amines) is 1. The van der Waals surface area contributed by atoms with Gasteiger partial charge in [-0.15, -0.1) is 0 Å². The van der Waals surface area contributed by atoms with E-state index in [-0.39, 0.29) is 0 Å². The second kappa shape index (κ2) is 11.0. The van der Waals surface area contributed by atoms with Crippen molar-refractivity contribution in [2.45, 2.75) is 58.4 Å². The minimum Gasteiger partial charge on any atom is -0.314 e. The van der Waals surface area contributed by atoms with E-state index in [4.69, 9.17) is 0 Å². The minimum absolute atomic E-state index is 0.695.